The van der Waals surface area contributed by atoms with E-state index in [1.807, 2.05) is 0 Å². The lowest BCUT2D eigenvalue weighted by Crippen LogP contribution is -2.42. The Labute approximate surface area is 145 Å². The van der Waals surface area contributed by atoms with E-state index >= 15 is 0 Å². The van der Waals surface area contributed by atoms with Crippen molar-refractivity contribution in [3.63, 3.8) is 0 Å². The number of nitrogens with one attached hydrogen (secondary N) is 1. The van der Waals surface area contributed by atoms with E-state index in [-0.39, 0.29) is 18.4 Å². The lowest BCUT2D eigenvalue weighted by molar-refractivity contribution is -0.135. The van der Waals surface area contributed by atoms with Crippen molar-refractivity contribution in [2.24, 2.45) is 5.92 Å². The molecular formula is C19H27ClN2O. The monoisotopic (exact) mass is 334 g/mol. The number of rotatable bonds is 2. The van der Waals surface area contributed by atoms with Gasteiger partial charge in [0.25, 0.3) is 0 Å². The van der Waals surface area contributed by atoms with Crippen LogP contribution in [0.15, 0.2) is 24.3 Å². The highest BCUT2D eigenvalue weighted by molar-refractivity contribution is 5.85. The van der Waals surface area contributed by atoms with Gasteiger partial charge in [-0.15, -0.1) is 12.4 Å². The summed E-state index contributed by atoms with van der Waals surface area (Å²) < 4.78 is 0. The Morgan fingerprint density at radius 2 is 1.91 bits per heavy atom. The molecule has 23 heavy (non-hydrogen) atoms. The van der Waals surface area contributed by atoms with Gasteiger partial charge < -0.3 is 10.2 Å². The van der Waals surface area contributed by atoms with E-state index in [2.05, 4.69) is 41.4 Å². The summed E-state index contributed by atoms with van der Waals surface area (Å²) in [6.07, 6.45) is 6.76. The van der Waals surface area contributed by atoms with Crippen LogP contribution in [0.2, 0.25) is 0 Å². The molecule has 1 N–H and O–H groups in total. The summed E-state index contributed by atoms with van der Waals surface area (Å²) >= 11 is 0. The number of carbonyl (C=O) groups is 1. The fourth-order valence-electron chi connectivity index (χ4n) is 4.82. The highest BCUT2D eigenvalue weighted by Gasteiger charge is 2.36. The van der Waals surface area contributed by atoms with E-state index in [4.69, 9.17) is 0 Å². The van der Waals surface area contributed by atoms with Crippen LogP contribution in [0.1, 0.15) is 56.2 Å². The van der Waals surface area contributed by atoms with Crippen molar-refractivity contribution in [3.05, 3.63) is 35.4 Å². The first kappa shape index (κ1) is 16.8. The first-order valence-corrected chi connectivity index (χ1v) is 8.84. The first-order valence-electron chi connectivity index (χ1n) is 8.84. The Kier molecular flexibility index (Phi) is 4.98. The van der Waals surface area contributed by atoms with Crippen molar-refractivity contribution >= 4 is 18.3 Å². The van der Waals surface area contributed by atoms with Gasteiger partial charge in [0.1, 0.15) is 0 Å². The summed E-state index contributed by atoms with van der Waals surface area (Å²) in [4.78, 5) is 14.9. The molecule has 2 bridgehead atoms. The van der Waals surface area contributed by atoms with Gasteiger partial charge in [-0.1, -0.05) is 24.3 Å². The lowest BCUT2D eigenvalue weighted by Gasteiger charge is -2.37. The predicted octanol–water partition coefficient (Wildman–Crippen LogP) is 3.47. The standard InChI is InChI=1S/C19H26N2O.ClH/c1-13-18-5-3-2-4-15(18)8-9-21(13)19(22)12-14-10-16-6-7-17(11-14)20-16;/h2-5,13-14,16-17,20H,6-12H2,1H3;1H. The zero-order valence-electron chi connectivity index (χ0n) is 13.8. The Bertz CT molecular complexity index is 564. The van der Waals surface area contributed by atoms with E-state index in [1.165, 1.54) is 36.8 Å². The minimum absolute atomic E-state index is 0. The zero-order chi connectivity index (χ0) is 15.1. The Balaban J connectivity index is 0.00000156. The molecule has 1 aromatic carbocycles. The fraction of sp³-hybridized carbons (Fsp3) is 0.632. The molecular weight excluding hydrogens is 308 g/mol. The Morgan fingerprint density at radius 3 is 2.65 bits per heavy atom. The normalized spacial score (nSPS) is 32.1. The van der Waals surface area contributed by atoms with Gasteiger partial charge >= 0.3 is 0 Å². The van der Waals surface area contributed by atoms with Gasteiger partial charge in [0.2, 0.25) is 5.91 Å². The molecule has 3 unspecified atom stereocenters. The molecule has 2 saturated heterocycles. The van der Waals surface area contributed by atoms with Crippen LogP contribution >= 0.6 is 12.4 Å². The maximum Gasteiger partial charge on any atom is 0.223 e. The van der Waals surface area contributed by atoms with Gasteiger partial charge in [-0.05, 0) is 56.1 Å². The summed E-state index contributed by atoms with van der Waals surface area (Å²) in [5, 5.41) is 3.67. The second-order valence-corrected chi connectivity index (χ2v) is 7.39. The molecule has 4 rings (SSSR count). The minimum Gasteiger partial charge on any atom is -0.336 e. The van der Waals surface area contributed by atoms with Crippen LogP contribution < -0.4 is 5.32 Å². The molecule has 4 heteroatoms. The van der Waals surface area contributed by atoms with Crippen LogP contribution in [0.5, 0.6) is 0 Å². The molecule has 1 aromatic rings. The smallest absolute Gasteiger partial charge is 0.223 e. The number of hydrogen-bond donors (Lipinski definition) is 1. The maximum atomic E-state index is 12.8. The summed E-state index contributed by atoms with van der Waals surface area (Å²) in [6.45, 7) is 3.07. The van der Waals surface area contributed by atoms with E-state index in [9.17, 15) is 4.79 Å². The summed E-state index contributed by atoms with van der Waals surface area (Å²) in [5.41, 5.74) is 2.76. The second-order valence-electron chi connectivity index (χ2n) is 7.39. The number of nitrogens with zero attached hydrogens (tertiary/aromatic N) is 1. The average Bonchev–Trinajstić information content (AvgIpc) is 2.86. The molecule has 3 aliphatic rings. The summed E-state index contributed by atoms with van der Waals surface area (Å²) in [7, 11) is 0. The van der Waals surface area contributed by atoms with Crippen molar-refractivity contribution < 1.29 is 4.79 Å². The molecule has 0 radical (unpaired) electrons. The highest BCUT2D eigenvalue weighted by Crippen LogP contribution is 2.35. The number of benzene rings is 1. The van der Waals surface area contributed by atoms with Gasteiger partial charge in [-0.2, -0.15) is 0 Å². The third-order valence-corrected chi connectivity index (χ3v) is 5.95. The third-order valence-electron chi connectivity index (χ3n) is 5.95. The first-order chi connectivity index (χ1) is 10.7. The molecule has 0 aliphatic carbocycles. The van der Waals surface area contributed by atoms with Crippen LogP contribution in [-0.4, -0.2) is 29.4 Å². The maximum absolute atomic E-state index is 12.8. The third kappa shape index (κ3) is 3.27. The topological polar surface area (TPSA) is 32.3 Å². The quantitative estimate of drug-likeness (QED) is 0.898. The van der Waals surface area contributed by atoms with Crippen LogP contribution in [0, 0.1) is 5.92 Å². The van der Waals surface area contributed by atoms with Crippen molar-refractivity contribution in [1.82, 2.24) is 10.2 Å². The van der Waals surface area contributed by atoms with Gasteiger partial charge in [0.15, 0.2) is 0 Å². The number of hydrogen-bond acceptors (Lipinski definition) is 2. The number of amides is 1. The molecule has 0 spiro atoms. The van der Waals surface area contributed by atoms with Crippen LogP contribution in [0.3, 0.4) is 0 Å². The molecule has 3 atom stereocenters. The minimum atomic E-state index is 0. The van der Waals surface area contributed by atoms with Crippen molar-refractivity contribution in [2.45, 2.75) is 63.6 Å². The SMILES string of the molecule is CC1c2ccccc2CCN1C(=O)CC1CC2CCC(C1)N2.Cl. The Hall–Kier alpha value is -1.06. The van der Waals surface area contributed by atoms with Gasteiger partial charge in [-0.25, -0.2) is 0 Å². The number of fused-ring (bicyclic) bond motifs is 3. The highest BCUT2D eigenvalue weighted by atomic mass is 35.5. The molecule has 0 aromatic heterocycles. The average molecular weight is 335 g/mol. The van der Waals surface area contributed by atoms with Crippen LogP contribution in [0.25, 0.3) is 0 Å². The molecule has 126 valence electrons. The van der Waals surface area contributed by atoms with E-state index in [0.29, 0.717) is 23.9 Å². The van der Waals surface area contributed by atoms with Gasteiger partial charge in [-0.3, -0.25) is 4.79 Å². The molecule has 3 aliphatic heterocycles. The molecule has 0 saturated carbocycles. The number of piperidine rings is 1. The van der Waals surface area contributed by atoms with E-state index in [0.717, 1.165) is 19.4 Å². The van der Waals surface area contributed by atoms with Crippen molar-refractivity contribution in [1.29, 1.82) is 0 Å². The van der Waals surface area contributed by atoms with Gasteiger partial charge in [0, 0.05) is 25.0 Å². The Morgan fingerprint density at radius 1 is 1.22 bits per heavy atom. The largest absolute Gasteiger partial charge is 0.336 e. The van der Waals surface area contributed by atoms with Crippen LogP contribution in [0.4, 0.5) is 0 Å². The zero-order valence-corrected chi connectivity index (χ0v) is 14.6. The van der Waals surface area contributed by atoms with Gasteiger partial charge in [0.05, 0.1) is 6.04 Å². The fourth-order valence-corrected chi connectivity index (χ4v) is 4.82. The molecule has 2 fully saturated rings. The summed E-state index contributed by atoms with van der Waals surface area (Å²) in [5.74, 6) is 0.962. The molecule has 3 nitrogen and oxygen atoms in total. The second kappa shape index (κ2) is 6.82. The number of carbonyl (C=O) groups excluding carboxylic acids is 1. The van der Waals surface area contributed by atoms with Crippen molar-refractivity contribution in [2.75, 3.05) is 6.54 Å². The van der Waals surface area contributed by atoms with E-state index in [1.54, 1.807) is 0 Å². The predicted molar refractivity (Wildman–Crippen MR) is 94.8 cm³/mol. The summed E-state index contributed by atoms with van der Waals surface area (Å²) in [6, 6.07) is 10.2. The van der Waals surface area contributed by atoms with E-state index < -0.39 is 0 Å². The lowest BCUT2D eigenvalue weighted by atomic mass is 9.88. The van der Waals surface area contributed by atoms with Crippen LogP contribution in [-0.2, 0) is 11.2 Å². The molecule has 1 amide bonds. The van der Waals surface area contributed by atoms with Crippen molar-refractivity contribution in [3.8, 4) is 0 Å². The number of halogens is 1. The molecule has 3 heterocycles.